The van der Waals surface area contributed by atoms with Crippen molar-refractivity contribution in [3.8, 4) is 0 Å². The van der Waals surface area contributed by atoms with E-state index >= 15 is 0 Å². The van der Waals surface area contributed by atoms with Gasteiger partial charge in [-0.1, -0.05) is 36.0 Å². The van der Waals surface area contributed by atoms with E-state index in [4.69, 9.17) is 0 Å². The van der Waals surface area contributed by atoms with Gasteiger partial charge in [0, 0.05) is 18.7 Å². The van der Waals surface area contributed by atoms with Crippen LogP contribution in [0.5, 0.6) is 0 Å². The van der Waals surface area contributed by atoms with Crippen LogP contribution < -0.4 is 5.32 Å². The number of aryl methyl sites for hydroxylation is 1. The molecule has 2 aliphatic heterocycles. The molecule has 2 aromatic carbocycles. The largest absolute Gasteiger partial charge is 0.339 e. The van der Waals surface area contributed by atoms with Crippen LogP contribution in [-0.4, -0.2) is 51.6 Å². The molecule has 31 heavy (non-hydrogen) atoms. The Kier molecular flexibility index (Phi) is 6.08. The molecule has 4 rings (SSSR count). The minimum Gasteiger partial charge on any atom is -0.339 e. The van der Waals surface area contributed by atoms with E-state index in [1.807, 2.05) is 24.0 Å². The highest BCUT2D eigenvalue weighted by Crippen LogP contribution is 2.25. The summed E-state index contributed by atoms with van der Waals surface area (Å²) < 4.78 is 0. The molecule has 2 aromatic rings. The van der Waals surface area contributed by atoms with Crippen LogP contribution in [0.3, 0.4) is 0 Å². The number of hydrogen-bond acceptors (Lipinski definition) is 5. The first kappa shape index (κ1) is 21.1. The van der Waals surface area contributed by atoms with Gasteiger partial charge >= 0.3 is 0 Å². The van der Waals surface area contributed by atoms with Gasteiger partial charge in [0.05, 0.1) is 23.5 Å². The molecule has 0 spiro atoms. The number of carbonyl (C=O) groups excluding carboxylic acids is 4. The van der Waals surface area contributed by atoms with Crippen LogP contribution in [0.4, 0.5) is 10.5 Å². The first-order chi connectivity index (χ1) is 14.9. The Hall–Kier alpha value is -3.13. The average molecular weight is 438 g/mol. The topological polar surface area (TPSA) is 86.8 Å². The van der Waals surface area contributed by atoms with E-state index in [9.17, 15) is 19.2 Å². The normalized spacial score (nSPS) is 16.2. The van der Waals surface area contributed by atoms with Crippen molar-refractivity contribution in [2.24, 2.45) is 0 Å². The lowest BCUT2D eigenvalue weighted by molar-refractivity contribution is -0.125. The molecule has 8 heteroatoms. The number of thioether (sulfide) groups is 1. The second-order valence-corrected chi connectivity index (χ2v) is 8.61. The molecule has 2 aliphatic rings. The smallest absolute Gasteiger partial charge is 0.289 e. The second-order valence-electron chi connectivity index (χ2n) is 7.69. The van der Waals surface area contributed by atoms with Crippen LogP contribution in [-0.2, 0) is 11.3 Å². The van der Waals surface area contributed by atoms with E-state index in [0.29, 0.717) is 22.4 Å². The minimum atomic E-state index is -0.351. The highest BCUT2D eigenvalue weighted by Gasteiger charge is 2.30. The fraction of sp³-hybridized carbons (Fsp3) is 0.304. The summed E-state index contributed by atoms with van der Waals surface area (Å²) in [6.07, 6.45) is 1.99. The molecule has 1 N–H and O–H groups in total. The van der Waals surface area contributed by atoms with Crippen molar-refractivity contribution < 1.29 is 19.2 Å². The molecular weight excluding hydrogens is 414 g/mol. The third kappa shape index (κ3) is 4.49. The molecule has 4 amide bonds. The molecule has 2 heterocycles. The van der Waals surface area contributed by atoms with Crippen LogP contribution in [0.1, 0.15) is 44.7 Å². The summed E-state index contributed by atoms with van der Waals surface area (Å²) in [6.45, 7) is 3.46. The van der Waals surface area contributed by atoms with Gasteiger partial charge in [0.25, 0.3) is 17.1 Å². The maximum Gasteiger partial charge on any atom is 0.289 e. The maximum absolute atomic E-state index is 13.0. The fourth-order valence-electron chi connectivity index (χ4n) is 3.86. The van der Waals surface area contributed by atoms with Crippen LogP contribution in [0.15, 0.2) is 42.5 Å². The van der Waals surface area contributed by atoms with E-state index < -0.39 is 0 Å². The summed E-state index contributed by atoms with van der Waals surface area (Å²) in [5.74, 6) is -0.491. The van der Waals surface area contributed by atoms with Gasteiger partial charge in [-0.05, 0) is 49.1 Å². The Labute approximate surface area is 184 Å². The number of hydrogen-bond donors (Lipinski definition) is 1. The molecule has 7 nitrogen and oxygen atoms in total. The van der Waals surface area contributed by atoms with Crippen LogP contribution >= 0.6 is 11.8 Å². The second kappa shape index (κ2) is 8.93. The monoisotopic (exact) mass is 437 g/mol. The van der Waals surface area contributed by atoms with Gasteiger partial charge in [0.1, 0.15) is 0 Å². The summed E-state index contributed by atoms with van der Waals surface area (Å²) in [4.78, 5) is 52.7. The zero-order valence-electron chi connectivity index (χ0n) is 17.2. The van der Waals surface area contributed by atoms with E-state index in [-0.39, 0.29) is 35.3 Å². The Bertz CT molecular complexity index is 1050. The number of benzene rings is 2. The molecule has 0 bridgehead atoms. The predicted octanol–water partition coefficient (Wildman–Crippen LogP) is 3.68. The molecule has 160 valence electrons. The molecule has 0 aliphatic carbocycles. The summed E-state index contributed by atoms with van der Waals surface area (Å²) >= 11 is 0.983. The van der Waals surface area contributed by atoms with E-state index in [2.05, 4.69) is 5.32 Å². The molecule has 2 saturated heterocycles. The number of carbonyl (C=O) groups is 4. The van der Waals surface area contributed by atoms with Crippen molar-refractivity contribution in [3.05, 3.63) is 64.7 Å². The molecule has 2 fully saturated rings. The fourth-order valence-corrected chi connectivity index (χ4v) is 4.58. The first-order valence-electron chi connectivity index (χ1n) is 10.2. The molecule has 0 unspecified atom stereocenters. The molecule has 0 atom stereocenters. The SMILES string of the molecule is Cc1cccc(NC(=O)c2cccc(CN3C(=O)CSC3=O)c2)c1C(=O)N1CCCC1. The minimum absolute atomic E-state index is 0.0665. The molecule has 0 radical (unpaired) electrons. The highest BCUT2D eigenvalue weighted by atomic mass is 32.2. The van der Waals surface area contributed by atoms with Crippen LogP contribution in [0.25, 0.3) is 0 Å². The first-order valence-corrected chi connectivity index (χ1v) is 11.2. The lowest BCUT2D eigenvalue weighted by atomic mass is 10.0. The summed E-state index contributed by atoms with van der Waals surface area (Å²) in [5, 5.41) is 2.60. The van der Waals surface area contributed by atoms with Gasteiger partial charge in [-0.3, -0.25) is 24.1 Å². The number of rotatable bonds is 5. The number of nitrogens with one attached hydrogen (secondary N) is 1. The van der Waals surface area contributed by atoms with Gasteiger partial charge in [-0.25, -0.2) is 0 Å². The number of anilines is 1. The average Bonchev–Trinajstić information content (AvgIpc) is 3.40. The lowest BCUT2D eigenvalue weighted by Crippen LogP contribution is -2.29. The summed E-state index contributed by atoms with van der Waals surface area (Å²) in [5.41, 5.74) is 2.89. The van der Waals surface area contributed by atoms with Gasteiger partial charge in [0.2, 0.25) is 5.91 Å². The van der Waals surface area contributed by atoms with E-state index in [0.717, 1.165) is 43.3 Å². The van der Waals surface area contributed by atoms with Crippen LogP contribution in [0.2, 0.25) is 0 Å². The number of likely N-dealkylation sites (tertiary alicyclic amines) is 1. The van der Waals surface area contributed by atoms with Crippen molar-refractivity contribution in [1.82, 2.24) is 9.80 Å². The molecular formula is C23H23N3O4S. The summed E-state index contributed by atoms with van der Waals surface area (Å²) in [6, 6.07) is 12.2. The zero-order valence-corrected chi connectivity index (χ0v) is 18.0. The molecule has 0 saturated carbocycles. The quantitative estimate of drug-likeness (QED) is 0.771. The Morgan fingerprint density at radius 3 is 2.52 bits per heavy atom. The Morgan fingerprint density at radius 2 is 1.81 bits per heavy atom. The van der Waals surface area contributed by atoms with Crippen molar-refractivity contribution in [2.45, 2.75) is 26.3 Å². The summed E-state index contributed by atoms with van der Waals surface area (Å²) in [7, 11) is 0. The van der Waals surface area contributed by atoms with Crippen molar-refractivity contribution in [2.75, 3.05) is 24.2 Å². The third-order valence-electron chi connectivity index (χ3n) is 5.50. The number of amides is 4. The van der Waals surface area contributed by atoms with Gasteiger partial charge in [0.15, 0.2) is 0 Å². The van der Waals surface area contributed by atoms with Crippen molar-refractivity contribution >= 4 is 40.4 Å². The maximum atomic E-state index is 13.0. The van der Waals surface area contributed by atoms with Gasteiger partial charge in [-0.2, -0.15) is 0 Å². The molecule has 0 aromatic heterocycles. The van der Waals surface area contributed by atoms with Gasteiger partial charge in [-0.15, -0.1) is 0 Å². The van der Waals surface area contributed by atoms with Crippen LogP contribution in [0, 0.1) is 6.92 Å². The number of imide groups is 1. The lowest BCUT2D eigenvalue weighted by Gasteiger charge is -2.20. The highest BCUT2D eigenvalue weighted by molar-refractivity contribution is 8.14. The van der Waals surface area contributed by atoms with Crippen molar-refractivity contribution in [1.29, 1.82) is 0 Å². The van der Waals surface area contributed by atoms with E-state index in [1.54, 1.807) is 30.3 Å². The van der Waals surface area contributed by atoms with E-state index in [1.165, 1.54) is 4.90 Å². The number of nitrogens with zero attached hydrogens (tertiary/aromatic N) is 2. The third-order valence-corrected chi connectivity index (χ3v) is 6.36. The zero-order chi connectivity index (χ0) is 22.0. The standard InChI is InChI=1S/C23H23N3O4S/c1-15-6-4-9-18(20(15)22(29)25-10-2-3-11-25)24-21(28)17-8-5-7-16(12-17)13-26-19(27)14-31-23(26)30/h4-9,12H,2-3,10-11,13-14H2,1H3,(H,24,28). The Balaban J connectivity index is 1.54. The van der Waals surface area contributed by atoms with Gasteiger partial charge < -0.3 is 10.2 Å². The predicted molar refractivity (Wildman–Crippen MR) is 119 cm³/mol. The van der Waals surface area contributed by atoms with Crippen molar-refractivity contribution in [3.63, 3.8) is 0 Å². The Morgan fingerprint density at radius 1 is 1.06 bits per heavy atom.